The zero-order valence-corrected chi connectivity index (χ0v) is 14.8. The molecule has 0 aliphatic heterocycles. The van der Waals surface area contributed by atoms with Gasteiger partial charge in [0.2, 0.25) is 0 Å². The van der Waals surface area contributed by atoms with E-state index in [2.05, 4.69) is 57.5 Å². The molecule has 0 saturated carbocycles. The van der Waals surface area contributed by atoms with E-state index in [0.29, 0.717) is 6.04 Å². The Morgan fingerprint density at radius 2 is 2.33 bits per heavy atom. The molecule has 3 nitrogen and oxygen atoms in total. The normalized spacial score (nSPS) is 17.6. The number of nitrogens with zero attached hydrogens (tertiary/aromatic N) is 2. The zero-order chi connectivity index (χ0) is 14.8. The number of aryl methyl sites for hydroxylation is 1. The number of hydrogen-bond donors (Lipinski definition) is 1. The summed E-state index contributed by atoms with van der Waals surface area (Å²) in [5.41, 5.74) is 2.56. The van der Waals surface area contributed by atoms with Crippen LogP contribution in [-0.4, -0.2) is 19.1 Å². The molecule has 1 atom stereocenters. The van der Waals surface area contributed by atoms with Gasteiger partial charge in [-0.25, -0.2) is 4.98 Å². The number of halogens is 1. The molecule has 1 N–H and O–H groups in total. The summed E-state index contributed by atoms with van der Waals surface area (Å²) in [5, 5.41) is 4.52. The highest BCUT2D eigenvalue weighted by molar-refractivity contribution is 9.10. The van der Waals surface area contributed by atoms with E-state index < -0.39 is 0 Å². The van der Waals surface area contributed by atoms with Crippen molar-refractivity contribution in [2.24, 2.45) is 0 Å². The Labute approximate surface area is 138 Å². The summed E-state index contributed by atoms with van der Waals surface area (Å²) >= 11 is 5.38. The van der Waals surface area contributed by atoms with E-state index in [0.717, 1.165) is 16.1 Å². The van der Waals surface area contributed by atoms with Crippen molar-refractivity contribution >= 4 is 32.4 Å². The molecule has 0 saturated heterocycles. The highest BCUT2D eigenvalue weighted by Gasteiger charge is 2.24. The molecule has 0 fully saturated rings. The molecule has 1 aliphatic carbocycles. The molecule has 0 amide bonds. The Kier molecular flexibility index (Phi) is 4.62. The van der Waals surface area contributed by atoms with E-state index >= 15 is 0 Å². The van der Waals surface area contributed by atoms with Crippen LogP contribution in [-0.2, 0) is 13.0 Å². The monoisotopic (exact) mass is 365 g/mol. The van der Waals surface area contributed by atoms with E-state index in [1.54, 1.807) is 0 Å². The molecular weight excluding hydrogens is 346 g/mol. The van der Waals surface area contributed by atoms with Gasteiger partial charge in [-0.2, -0.15) is 0 Å². The number of nitrogens with one attached hydrogen (secondary N) is 1. The first-order chi connectivity index (χ1) is 10.2. The van der Waals surface area contributed by atoms with Gasteiger partial charge in [0.25, 0.3) is 0 Å². The van der Waals surface area contributed by atoms with Gasteiger partial charge in [0.05, 0.1) is 11.7 Å². The maximum atomic E-state index is 4.89. The van der Waals surface area contributed by atoms with Gasteiger partial charge in [0, 0.05) is 22.9 Å². The van der Waals surface area contributed by atoms with Gasteiger partial charge >= 0.3 is 0 Å². The Morgan fingerprint density at radius 3 is 3.10 bits per heavy atom. The standard InChI is InChI=1S/C16H20BrN3S/c1-18-13-7-4-8-14-15(13)19-16(21-14)20(2)10-11-5-3-6-12(17)9-11/h3,5-6,9,13,18H,4,7-8,10H2,1-2H3. The van der Waals surface area contributed by atoms with E-state index in [-0.39, 0.29) is 0 Å². The summed E-state index contributed by atoms with van der Waals surface area (Å²) in [6, 6.07) is 8.89. The van der Waals surface area contributed by atoms with Gasteiger partial charge in [0.1, 0.15) is 0 Å². The molecular formula is C16H20BrN3S. The first-order valence-electron chi connectivity index (χ1n) is 7.30. The van der Waals surface area contributed by atoms with Crippen molar-refractivity contribution in [1.29, 1.82) is 0 Å². The number of hydrogen-bond acceptors (Lipinski definition) is 4. The molecule has 1 aromatic carbocycles. The number of rotatable bonds is 4. The SMILES string of the molecule is CNC1CCCc2sc(N(C)Cc3cccc(Br)c3)nc21. The van der Waals surface area contributed by atoms with Crippen molar-refractivity contribution < 1.29 is 0 Å². The molecule has 1 heterocycles. The van der Waals surface area contributed by atoms with Gasteiger partial charge in [-0.1, -0.05) is 28.1 Å². The van der Waals surface area contributed by atoms with Crippen molar-refractivity contribution in [1.82, 2.24) is 10.3 Å². The van der Waals surface area contributed by atoms with Crippen molar-refractivity contribution in [2.75, 3.05) is 19.0 Å². The summed E-state index contributed by atoms with van der Waals surface area (Å²) in [6.07, 6.45) is 3.63. The molecule has 2 aromatic rings. The lowest BCUT2D eigenvalue weighted by molar-refractivity contribution is 0.490. The number of benzene rings is 1. The summed E-state index contributed by atoms with van der Waals surface area (Å²) in [6.45, 7) is 0.885. The largest absolute Gasteiger partial charge is 0.347 e. The van der Waals surface area contributed by atoms with Crippen molar-refractivity contribution in [3.8, 4) is 0 Å². The highest BCUT2D eigenvalue weighted by Crippen LogP contribution is 2.36. The Hall–Kier alpha value is -0.910. The predicted octanol–water partition coefficient (Wildman–Crippen LogP) is 4.14. The van der Waals surface area contributed by atoms with Crippen LogP contribution in [0.2, 0.25) is 0 Å². The third kappa shape index (κ3) is 3.30. The van der Waals surface area contributed by atoms with Crippen LogP contribution < -0.4 is 10.2 Å². The quantitative estimate of drug-likeness (QED) is 0.882. The predicted molar refractivity (Wildman–Crippen MR) is 93.1 cm³/mol. The van der Waals surface area contributed by atoms with E-state index in [1.807, 2.05) is 18.4 Å². The molecule has 1 aliphatic rings. The number of aromatic nitrogens is 1. The van der Waals surface area contributed by atoms with Crippen LogP contribution in [0.3, 0.4) is 0 Å². The number of thiazole rings is 1. The van der Waals surface area contributed by atoms with Crippen LogP contribution in [0.1, 0.15) is 35.0 Å². The summed E-state index contributed by atoms with van der Waals surface area (Å²) < 4.78 is 1.13. The number of fused-ring (bicyclic) bond motifs is 1. The summed E-state index contributed by atoms with van der Waals surface area (Å²) in [5.74, 6) is 0. The topological polar surface area (TPSA) is 28.2 Å². The minimum Gasteiger partial charge on any atom is -0.347 e. The van der Waals surface area contributed by atoms with Gasteiger partial charge in [-0.3, -0.25) is 0 Å². The maximum Gasteiger partial charge on any atom is 0.185 e. The van der Waals surface area contributed by atoms with Crippen LogP contribution >= 0.6 is 27.3 Å². The molecule has 5 heteroatoms. The van der Waals surface area contributed by atoms with Crippen LogP contribution in [0, 0.1) is 0 Å². The molecule has 3 rings (SSSR count). The summed E-state index contributed by atoms with van der Waals surface area (Å²) in [4.78, 5) is 8.59. The van der Waals surface area contributed by atoms with Crippen molar-refractivity contribution in [3.63, 3.8) is 0 Å². The third-order valence-electron chi connectivity index (χ3n) is 3.93. The van der Waals surface area contributed by atoms with Gasteiger partial charge in [-0.05, 0) is 44.0 Å². The summed E-state index contributed by atoms with van der Waals surface area (Å²) in [7, 11) is 4.16. The van der Waals surface area contributed by atoms with Crippen molar-refractivity contribution in [2.45, 2.75) is 31.8 Å². The molecule has 21 heavy (non-hydrogen) atoms. The molecule has 0 spiro atoms. The van der Waals surface area contributed by atoms with E-state index in [9.17, 15) is 0 Å². The lowest BCUT2D eigenvalue weighted by Gasteiger charge is -2.20. The Bertz CT molecular complexity index is 626. The minimum absolute atomic E-state index is 0.429. The van der Waals surface area contributed by atoms with Gasteiger partial charge in [0.15, 0.2) is 5.13 Å². The average molecular weight is 366 g/mol. The molecule has 1 unspecified atom stereocenters. The van der Waals surface area contributed by atoms with Crippen LogP contribution in [0.15, 0.2) is 28.7 Å². The lowest BCUT2D eigenvalue weighted by atomic mass is 9.98. The third-order valence-corrected chi connectivity index (χ3v) is 5.67. The van der Waals surface area contributed by atoms with Crippen LogP contribution in [0.25, 0.3) is 0 Å². The first-order valence-corrected chi connectivity index (χ1v) is 8.91. The second-order valence-electron chi connectivity index (χ2n) is 5.52. The Morgan fingerprint density at radius 1 is 1.48 bits per heavy atom. The number of anilines is 1. The molecule has 0 radical (unpaired) electrons. The fraction of sp³-hybridized carbons (Fsp3) is 0.438. The fourth-order valence-electron chi connectivity index (χ4n) is 2.83. The minimum atomic E-state index is 0.429. The smallest absolute Gasteiger partial charge is 0.185 e. The highest BCUT2D eigenvalue weighted by atomic mass is 79.9. The van der Waals surface area contributed by atoms with Crippen molar-refractivity contribution in [3.05, 3.63) is 44.9 Å². The average Bonchev–Trinajstić information content (AvgIpc) is 2.91. The van der Waals surface area contributed by atoms with Crippen LogP contribution in [0.5, 0.6) is 0 Å². The second kappa shape index (κ2) is 6.46. The van der Waals surface area contributed by atoms with Gasteiger partial charge < -0.3 is 10.2 Å². The van der Waals surface area contributed by atoms with Crippen LogP contribution in [0.4, 0.5) is 5.13 Å². The molecule has 1 aromatic heterocycles. The fourth-order valence-corrected chi connectivity index (χ4v) is 4.40. The zero-order valence-electron chi connectivity index (χ0n) is 12.4. The Balaban J connectivity index is 1.79. The second-order valence-corrected chi connectivity index (χ2v) is 7.50. The van der Waals surface area contributed by atoms with E-state index in [1.165, 1.54) is 35.4 Å². The lowest BCUT2D eigenvalue weighted by Crippen LogP contribution is -2.21. The molecule has 112 valence electrons. The first kappa shape index (κ1) is 15.0. The molecule has 0 bridgehead atoms. The van der Waals surface area contributed by atoms with Gasteiger partial charge in [-0.15, -0.1) is 11.3 Å². The van der Waals surface area contributed by atoms with E-state index in [4.69, 9.17) is 4.98 Å². The maximum absolute atomic E-state index is 4.89.